The lowest BCUT2D eigenvalue weighted by Gasteiger charge is -2.09. The number of ether oxygens (including phenoxy) is 1. The predicted octanol–water partition coefficient (Wildman–Crippen LogP) is 4.26. The quantitative estimate of drug-likeness (QED) is 0.774. The van der Waals surface area contributed by atoms with Gasteiger partial charge < -0.3 is 4.74 Å². The zero-order valence-corrected chi connectivity index (χ0v) is 13.2. The molecule has 0 N–H and O–H groups in total. The first-order valence-electron chi connectivity index (χ1n) is 6.77. The SMILES string of the molecule is Cc1cc(F)cc(C(=O)Cc2cc(Br)cc3c2OCC3)c1. The number of rotatable bonds is 3. The van der Waals surface area contributed by atoms with E-state index in [1.165, 1.54) is 12.1 Å². The number of hydrogen-bond acceptors (Lipinski definition) is 2. The van der Waals surface area contributed by atoms with E-state index in [2.05, 4.69) is 15.9 Å². The van der Waals surface area contributed by atoms with E-state index in [9.17, 15) is 9.18 Å². The molecular formula is C17H14BrFO2. The van der Waals surface area contributed by atoms with Gasteiger partial charge in [0.1, 0.15) is 11.6 Å². The van der Waals surface area contributed by atoms with Crippen LogP contribution < -0.4 is 4.74 Å². The predicted molar refractivity (Wildman–Crippen MR) is 82.5 cm³/mol. The van der Waals surface area contributed by atoms with Crippen LogP contribution in [0.25, 0.3) is 0 Å². The van der Waals surface area contributed by atoms with Gasteiger partial charge in [0.05, 0.1) is 6.61 Å². The minimum Gasteiger partial charge on any atom is -0.493 e. The second-order valence-electron chi connectivity index (χ2n) is 5.27. The van der Waals surface area contributed by atoms with Crippen LogP contribution in [0.4, 0.5) is 4.39 Å². The Hall–Kier alpha value is -1.68. The van der Waals surface area contributed by atoms with Crippen molar-refractivity contribution in [3.63, 3.8) is 0 Å². The first-order valence-corrected chi connectivity index (χ1v) is 7.57. The molecule has 0 amide bonds. The molecule has 0 saturated carbocycles. The summed E-state index contributed by atoms with van der Waals surface area (Å²) in [5, 5.41) is 0. The van der Waals surface area contributed by atoms with Gasteiger partial charge in [0, 0.05) is 28.4 Å². The van der Waals surface area contributed by atoms with Gasteiger partial charge in [-0.25, -0.2) is 4.39 Å². The number of ketones is 1. The molecule has 0 spiro atoms. The molecule has 1 heterocycles. The summed E-state index contributed by atoms with van der Waals surface area (Å²) in [6.45, 7) is 2.42. The zero-order chi connectivity index (χ0) is 15.0. The molecule has 0 aliphatic carbocycles. The summed E-state index contributed by atoms with van der Waals surface area (Å²) in [7, 11) is 0. The van der Waals surface area contributed by atoms with Gasteiger partial charge in [0.2, 0.25) is 0 Å². The molecule has 0 aromatic heterocycles. The van der Waals surface area contributed by atoms with Crippen molar-refractivity contribution < 1.29 is 13.9 Å². The highest BCUT2D eigenvalue weighted by Crippen LogP contribution is 2.33. The Kier molecular flexibility index (Phi) is 3.81. The van der Waals surface area contributed by atoms with Gasteiger partial charge >= 0.3 is 0 Å². The number of carbonyl (C=O) groups excluding carboxylic acids is 1. The van der Waals surface area contributed by atoms with Crippen molar-refractivity contribution in [3.8, 4) is 5.75 Å². The number of fused-ring (bicyclic) bond motifs is 1. The smallest absolute Gasteiger partial charge is 0.167 e. The number of carbonyl (C=O) groups is 1. The second kappa shape index (κ2) is 5.60. The van der Waals surface area contributed by atoms with E-state index in [-0.39, 0.29) is 18.0 Å². The Morgan fingerprint density at radius 1 is 1.29 bits per heavy atom. The number of benzene rings is 2. The molecule has 1 aliphatic rings. The Balaban J connectivity index is 1.92. The summed E-state index contributed by atoms with van der Waals surface area (Å²) in [4.78, 5) is 12.4. The lowest BCUT2D eigenvalue weighted by molar-refractivity contribution is 0.0991. The molecule has 2 aromatic carbocycles. The molecule has 21 heavy (non-hydrogen) atoms. The van der Waals surface area contributed by atoms with Crippen LogP contribution in [0.5, 0.6) is 5.75 Å². The highest BCUT2D eigenvalue weighted by molar-refractivity contribution is 9.10. The van der Waals surface area contributed by atoms with Crippen LogP contribution in [-0.4, -0.2) is 12.4 Å². The molecule has 1 aliphatic heterocycles. The molecule has 108 valence electrons. The van der Waals surface area contributed by atoms with Gasteiger partial charge in [-0.05, 0) is 48.4 Å². The van der Waals surface area contributed by atoms with Crippen molar-refractivity contribution in [1.29, 1.82) is 0 Å². The van der Waals surface area contributed by atoms with Crippen molar-refractivity contribution in [2.24, 2.45) is 0 Å². The molecule has 4 heteroatoms. The standard InChI is InChI=1S/C17H14BrFO2/c1-10-4-12(8-15(19)5-10)16(20)9-13-7-14(18)6-11-2-3-21-17(11)13/h4-8H,2-3,9H2,1H3. The van der Waals surface area contributed by atoms with Crippen molar-refractivity contribution in [3.05, 3.63) is 62.9 Å². The summed E-state index contributed by atoms with van der Waals surface area (Å²) in [6, 6.07) is 8.33. The molecule has 3 rings (SSSR count). The summed E-state index contributed by atoms with van der Waals surface area (Å²) >= 11 is 3.46. The average Bonchev–Trinajstić information content (AvgIpc) is 2.85. The van der Waals surface area contributed by atoms with E-state index in [1.54, 1.807) is 13.0 Å². The normalized spacial score (nSPS) is 12.9. The minimum absolute atomic E-state index is 0.103. The maximum atomic E-state index is 13.4. The highest BCUT2D eigenvalue weighted by atomic mass is 79.9. The lowest BCUT2D eigenvalue weighted by atomic mass is 9.99. The van der Waals surface area contributed by atoms with E-state index < -0.39 is 0 Å². The molecule has 0 unspecified atom stereocenters. The summed E-state index contributed by atoms with van der Waals surface area (Å²) in [6.07, 6.45) is 1.07. The maximum absolute atomic E-state index is 13.4. The number of Topliss-reactive ketones (excluding diaryl/α,β-unsaturated/α-hetero) is 1. The molecule has 2 aromatic rings. The van der Waals surface area contributed by atoms with Crippen LogP contribution in [0, 0.1) is 12.7 Å². The summed E-state index contributed by atoms with van der Waals surface area (Å²) < 4.78 is 20.0. The Labute approximate surface area is 131 Å². The van der Waals surface area contributed by atoms with Gasteiger partial charge in [-0.3, -0.25) is 4.79 Å². The Morgan fingerprint density at radius 2 is 2.10 bits per heavy atom. The van der Waals surface area contributed by atoms with E-state index in [4.69, 9.17) is 4.74 Å². The fourth-order valence-corrected chi connectivity index (χ4v) is 3.20. The molecule has 0 bridgehead atoms. The zero-order valence-electron chi connectivity index (χ0n) is 11.6. The monoisotopic (exact) mass is 348 g/mol. The third kappa shape index (κ3) is 3.00. The Morgan fingerprint density at radius 3 is 2.86 bits per heavy atom. The van der Waals surface area contributed by atoms with E-state index in [0.717, 1.165) is 33.3 Å². The number of halogens is 2. The second-order valence-corrected chi connectivity index (χ2v) is 6.18. The van der Waals surface area contributed by atoms with E-state index in [1.807, 2.05) is 12.1 Å². The minimum atomic E-state index is -0.380. The van der Waals surface area contributed by atoms with Crippen molar-refractivity contribution in [2.75, 3.05) is 6.61 Å². The summed E-state index contributed by atoms with van der Waals surface area (Å²) in [5.41, 5.74) is 3.11. The van der Waals surface area contributed by atoms with Crippen LogP contribution in [0.2, 0.25) is 0 Å². The fraction of sp³-hybridized carbons (Fsp3) is 0.235. The van der Waals surface area contributed by atoms with Crippen LogP contribution >= 0.6 is 15.9 Å². The average molecular weight is 349 g/mol. The highest BCUT2D eigenvalue weighted by Gasteiger charge is 2.20. The van der Waals surface area contributed by atoms with Gasteiger partial charge in [-0.15, -0.1) is 0 Å². The topological polar surface area (TPSA) is 26.3 Å². The summed E-state index contributed by atoms with van der Waals surface area (Å²) in [5.74, 6) is 0.321. The van der Waals surface area contributed by atoms with Gasteiger partial charge in [-0.1, -0.05) is 15.9 Å². The molecular weight excluding hydrogens is 335 g/mol. The molecule has 0 fully saturated rings. The van der Waals surface area contributed by atoms with Gasteiger partial charge in [0.25, 0.3) is 0 Å². The van der Waals surface area contributed by atoms with E-state index >= 15 is 0 Å². The first kappa shape index (κ1) is 14.3. The van der Waals surface area contributed by atoms with Crippen molar-refractivity contribution in [2.45, 2.75) is 19.8 Å². The van der Waals surface area contributed by atoms with Crippen LogP contribution in [0.15, 0.2) is 34.8 Å². The van der Waals surface area contributed by atoms with Crippen molar-refractivity contribution in [1.82, 2.24) is 0 Å². The third-order valence-electron chi connectivity index (χ3n) is 3.54. The molecule has 0 radical (unpaired) electrons. The molecule has 0 saturated heterocycles. The van der Waals surface area contributed by atoms with Crippen molar-refractivity contribution >= 4 is 21.7 Å². The largest absolute Gasteiger partial charge is 0.493 e. The first-order chi connectivity index (χ1) is 10.0. The maximum Gasteiger partial charge on any atom is 0.167 e. The van der Waals surface area contributed by atoms with Crippen LogP contribution in [-0.2, 0) is 12.8 Å². The number of aryl methyl sites for hydroxylation is 1. The van der Waals surface area contributed by atoms with Crippen LogP contribution in [0.1, 0.15) is 27.0 Å². The molecule has 2 nitrogen and oxygen atoms in total. The van der Waals surface area contributed by atoms with E-state index in [0.29, 0.717) is 12.2 Å². The van der Waals surface area contributed by atoms with Gasteiger partial charge in [0.15, 0.2) is 5.78 Å². The fourth-order valence-electron chi connectivity index (χ4n) is 2.65. The van der Waals surface area contributed by atoms with Gasteiger partial charge in [-0.2, -0.15) is 0 Å². The Bertz CT molecular complexity index is 705. The molecule has 0 atom stereocenters. The van der Waals surface area contributed by atoms with Crippen LogP contribution in [0.3, 0.4) is 0 Å². The number of hydrogen-bond donors (Lipinski definition) is 0. The third-order valence-corrected chi connectivity index (χ3v) is 4.00. The lowest BCUT2D eigenvalue weighted by Crippen LogP contribution is -2.06.